The molecule has 4 aromatic rings. The van der Waals surface area contributed by atoms with Gasteiger partial charge >= 0.3 is 15.3 Å². The van der Waals surface area contributed by atoms with E-state index in [1.165, 1.54) is 0 Å². The molecule has 2 atom stereocenters. The third kappa shape index (κ3) is 8.23. The lowest BCUT2D eigenvalue weighted by atomic mass is 10.3. The number of rotatable bonds is 6. The first kappa shape index (κ1) is 31.9. The van der Waals surface area contributed by atoms with Gasteiger partial charge in [0.05, 0.1) is 52.9 Å². The maximum Gasteiger partial charge on any atom is 0.400 e. The van der Waals surface area contributed by atoms with Crippen LogP contribution in [0.4, 0.5) is 0 Å². The third-order valence-corrected chi connectivity index (χ3v) is 16.3. The largest absolute Gasteiger partial charge is 0.422 e. The van der Waals surface area contributed by atoms with Gasteiger partial charge in [-0.25, -0.2) is 0 Å². The fourth-order valence-electron chi connectivity index (χ4n) is 4.59. The Morgan fingerprint density at radius 3 is 1.18 bits per heavy atom. The molecule has 10 nitrogen and oxygen atoms in total. The van der Waals surface area contributed by atoms with Gasteiger partial charge in [-0.3, -0.25) is 9.05 Å². The number of fused-ring (bicyclic) bond motifs is 1. The van der Waals surface area contributed by atoms with E-state index in [4.69, 9.17) is 45.9 Å². The van der Waals surface area contributed by atoms with E-state index in [0.717, 1.165) is 10.6 Å². The van der Waals surface area contributed by atoms with Crippen LogP contribution in [0.5, 0.6) is 11.5 Å². The molecule has 0 amide bonds. The number of para-hydroxylation sites is 2. The van der Waals surface area contributed by atoms with Crippen molar-refractivity contribution < 1.29 is 32.3 Å². The number of hydrogen-bond acceptors (Lipinski definition) is 10. The molecule has 2 aliphatic heterocycles. The first-order valence-electron chi connectivity index (χ1n) is 14.7. The second-order valence-electron chi connectivity index (χ2n) is 9.83. The highest BCUT2D eigenvalue weighted by atomic mass is 31.3. The van der Waals surface area contributed by atoms with Crippen LogP contribution in [-0.2, 0) is 23.3 Å². The minimum Gasteiger partial charge on any atom is -0.422 e. The van der Waals surface area contributed by atoms with Gasteiger partial charge in [0.2, 0.25) is 0 Å². The van der Waals surface area contributed by atoms with Crippen molar-refractivity contribution in [2.45, 2.75) is 0 Å². The Hall–Kier alpha value is -3.03. The van der Waals surface area contributed by atoms with Crippen LogP contribution in [0.3, 0.4) is 0 Å². The van der Waals surface area contributed by atoms with Gasteiger partial charge in [-0.2, -0.15) is 9.03 Å². The van der Waals surface area contributed by atoms with Gasteiger partial charge in [0.25, 0.3) is 0 Å². The van der Waals surface area contributed by atoms with Crippen molar-refractivity contribution in [3.8, 4) is 11.5 Å². The lowest BCUT2D eigenvalue weighted by Gasteiger charge is -2.34. The third-order valence-electron chi connectivity index (χ3n) is 6.60. The average Bonchev–Trinajstić information content (AvgIpc) is 3.08. The van der Waals surface area contributed by atoms with E-state index in [1.54, 1.807) is 0 Å². The van der Waals surface area contributed by atoms with E-state index in [-0.39, 0.29) is 26.4 Å². The summed E-state index contributed by atoms with van der Waals surface area (Å²) >= 11 is 0. The Balaban J connectivity index is 1.63. The highest BCUT2D eigenvalue weighted by molar-refractivity contribution is 7.89. The van der Waals surface area contributed by atoms with Crippen LogP contribution in [0.2, 0.25) is 0 Å². The molecule has 2 bridgehead atoms. The second-order valence-corrected chi connectivity index (χ2v) is 17.1. The zero-order valence-corrected chi connectivity index (χ0v) is 27.4. The van der Waals surface area contributed by atoms with Gasteiger partial charge in [0.15, 0.2) is 0 Å². The quantitative estimate of drug-likeness (QED) is 0.193. The second kappa shape index (κ2) is 15.5. The van der Waals surface area contributed by atoms with Crippen LogP contribution in [0.25, 0.3) is 0 Å². The van der Waals surface area contributed by atoms with Crippen molar-refractivity contribution >= 4 is 33.1 Å². The van der Waals surface area contributed by atoms with E-state index in [2.05, 4.69) is 0 Å². The van der Waals surface area contributed by atoms with Crippen molar-refractivity contribution in [1.29, 1.82) is 0 Å². The smallest absolute Gasteiger partial charge is 0.400 e. The fourth-order valence-corrected chi connectivity index (χ4v) is 15.8. The summed E-state index contributed by atoms with van der Waals surface area (Å²) in [5.41, 5.74) is 0. The molecule has 0 unspecified atom stereocenters. The molecule has 0 aromatic heterocycles. The molecular weight excluding hydrogens is 631 g/mol. The Labute approximate surface area is 264 Å². The molecule has 45 heavy (non-hydrogen) atoms. The summed E-state index contributed by atoms with van der Waals surface area (Å²) in [6.45, 7) is 2.65. The molecule has 0 saturated carbocycles. The maximum absolute atomic E-state index is 6.76. The van der Waals surface area contributed by atoms with E-state index in [9.17, 15) is 0 Å². The molecule has 0 N–H and O–H groups in total. The van der Waals surface area contributed by atoms with Crippen molar-refractivity contribution in [2.75, 3.05) is 52.9 Å². The van der Waals surface area contributed by atoms with Gasteiger partial charge in [-0.1, -0.05) is 97.1 Å². The Bertz CT molecular complexity index is 1580. The van der Waals surface area contributed by atoms with Gasteiger partial charge in [-0.15, -0.1) is 4.52 Å². The first-order chi connectivity index (χ1) is 22.2. The molecule has 6 rings (SSSR count). The predicted molar refractivity (Wildman–Crippen MR) is 179 cm³/mol. The van der Waals surface area contributed by atoms with Gasteiger partial charge in [0.1, 0.15) is 18.7 Å². The molecular formula is C32H36N3O7P3. The van der Waals surface area contributed by atoms with E-state index >= 15 is 0 Å². The monoisotopic (exact) mass is 667 g/mol. The fraction of sp³-hybridized carbons (Fsp3) is 0.250. The lowest BCUT2D eigenvalue weighted by Crippen LogP contribution is -2.19. The summed E-state index contributed by atoms with van der Waals surface area (Å²) in [5.74, 6) is 1.12. The average molecular weight is 668 g/mol. The molecule has 0 spiro atoms. The van der Waals surface area contributed by atoms with Gasteiger partial charge in [0, 0.05) is 10.6 Å². The summed E-state index contributed by atoms with van der Waals surface area (Å²) in [6, 6.07) is 38.9. The summed E-state index contributed by atoms with van der Waals surface area (Å²) in [4.78, 5) is 0. The van der Waals surface area contributed by atoms with Crippen LogP contribution in [0.1, 0.15) is 0 Å². The molecule has 0 fully saturated rings. The SMILES string of the molecule is c1ccc(O[P@]23=N[P@](Oc4ccccc4)(=NP(c4ccccc4)(c4ccccc4)=N2)OCCOCCOCCOCCO3)cc1. The summed E-state index contributed by atoms with van der Waals surface area (Å²) in [5, 5.41) is 1.80. The van der Waals surface area contributed by atoms with Crippen LogP contribution in [-0.4, -0.2) is 52.9 Å². The van der Waals surface area contributed by atoms with E-state index in [0.29, 0.717) is 37.9 Å². The summed E-state index contributed by atoms with van der Waals surface area (Å²) in [6.07, 6.45) is 0. The van der Waals surface area contributed by atoms with Crippen LogP contribution in [0, 0.1) is 0 Å². The molecule has 0 saturated heterocycles. The van der Waals surface area contributed by atoms with Crippen molar-refractivity contribution in [3.05, 3.63) is 121 Å². The number of hydrogen-bond donors (Lipinski definition) is 0. The van der Waals surface area contributed by atoms with Gasteiger partial charge < -0.3 is 23.3 Å². The Kier molecular flexibility index (Phi) is 11.0. The lowest BCUT2D eigenvalue weighted by molar-refractivity contribution is 0.00460. The van der Waals surface area contributed by atoms with E-state index in [1.807, 2.05) is 121 Å². The van der Waals surface area contributed by atoms with Crippen molar-refractivity contribution in [2.24, 2.45) is 13.5 Å². The number of nitrogens with zero attached hydrogens (tertiary/aromatic N) is 3. The predicted octanol–water partition coefficient (Wildman–Crippen LogP) is 7.91. The number of ether oxygens (including phenoxy) is 3. The molecule has 0 radical (unpaired) electrons. The van der Waals surface area contributed by atoms with Crippen LogP contribution < -0.4 is 19.7 Å². The zero-order valence-electron chi connectivity index (χ0n) is 24.7. The molecule has 13 heteroatoms. The zero-order chi connectivity index (χ0) is 30.7. The summed E-state index contributed by atoms with van der Waals surface area (Å²) in [7, 11) is -10.2. The van der Waals surface area contributed by atoms with Gasteiger partial charge in [-0.05, 0) is 24.3 Å². The van der Waals surface area contributed by atoms with Crippen molar-refractivity contribution in [3.63, 3.8) is 0 Å². The minimum atomic E-state index is -3.56. The Morgan fingerprint density at radius 2 is 0.756 bits per heavy atom. The molecule has 4 aromatic carbocycles. The minimum absolute atomic E-state index is 0.172. The maximum atomic E-state index is 6.76. The Morgan fingerprint density at radius 1 is 0.400 bits per heavy atom. The van der Waals surface area contributed by atoms with Crippen LogP contribution >= 0.6 is 22.5 Å². The molecule has 236 valence electrons. The first-order valence-corrected chi connectivity index (χ1v) is 19.5. The molecule has 2 aliphatic rings. The highest BCUT2D eigenvalue weighted by Crippen LogP contribution is 2.78. The van der Waals surface area contributed by atoms with Crippen molar-refractivity contribution in [1.82, 2.24) is 0 Å². The van der Waals surface area contributed by atoms with Crippen LogP contribution in [0.15, 0.2) is 135 Å². The summed E-state index contributed by atoms with van der Waals surface area (Å²) < 4.78 is 60.3. The normalized spacial score (nSPS) is 24.2. The molecule has 2 heterocycles. The highest BCUT2D eigenvalue weighted by Gasteiger charge is 2.44. The van der Waals surface area contributed by atoms with E-state index < -0.39 is 22.5 Å². The topological polar surface area (TPSA) is 102 Å². The standard InChI is InChI=1S/C32H36N3O7P3/c1-5-13-29(14-6-1)41-44-33-43(31-17-9-3-10-18-31,32-19-11-4-12-20-32)34-45(35-44,42-30-15-7-2-8-16-30)40-28-26-38-24-22-36-21-23-37-25-27-39-44/h1-20H,21-28H2/t44-,45+. The molecule has 0 aliphatic carbocycles. The number of benzene rings is 4.